The lowest BCUT2D eigenvalue weighted by molar-refractivity contribution is 0.728. The molecule has 0 amide bonds. The van der Waals surface area contributed by atoms with Crippen LogP contribution in [0.1, 0.15) is 17.2 Å². The highest BCUT2D eigenvalue weighted by Crippen LogP contribution is 2.30. The molecule has 21 heavy (non-hydrogen) atoms. The van der Waals surface area contributed by atoms with Crippen molar-refractivity contribution in [2.75, 3.05) is 0 Å². The molecule has 0 heterocycles. The van der Waals surface area contributed by atoms with Crippen molar-refractivity contribution >= 4 is 38.3 Å². The minimum Gasteiger partial charge on any atom is -0.324 e. The molecule has 0 fully saturated rings. The lowest BCUT2D eigenvalue weighted by Crippen LogP contribution is -2.13. The molecule has 3 aromatic rings. The van der Waals surface area contributed by atoms with Gasteiger partial charge in [-0.2, -0.15) is 0 Å². The Bertz CT molecular complexity index is 785. The summed E-state index contributed by atoms with van der Waals surface area (Å²) in [5.41, 5.74) is 8.75. The Morgan fingerprint density at radius 1 is 0.952 bits per heavy atom. The van der Waals surface area contributed by atoms with Crippen molar-refractivity contribution in [2.24, 2.45) is 5.73 Å². The molecule has 3 aromatic carbocycles. The number of fused-ring (bicyclic) bond motifs is 1. The molecule has 3 rings (SSSR count). The predicted octanol–water partition coefficient (Wildman–Crippen LogP) is 5.50. The van der Waals surface area contributed by atoms with Gasteiger partial charge in [0.25, 0.3) is 0 Å². The summed E-state index contributed by atoms with van der Waals surface area (Å²) in [5.74, 6) is 0. The van der Waals surface area contributed by atoms with Gasteiger partial charge in [0.2, 0.25) is 0 Å². The molecular weight excluding hydrogens is 346 g/mol. The van der Waals surface area contributed by atoms with E-state index in [1.807, 2.05) is 30.3 Å². The van der Waals surface area contributed by atoms with E-state index in [9.17, 15) is 0 Å². The summed E-state index contributed by atoms with van der Waals surface area (Å²) < 4.78 is 1.09. The molecule has 0 aliphatic rings. The number of benzene rings is 3. The second kappa shape index (κ2) is 6.18. The molecule has 2 N–H and O–H groups in total. The number of nitrogens with two attached hydrogens (primary N) is 1. The molecule has 106 valence electrons. The van der Waals surface area contributed by atoms with Crippen LogP contribution in [0.5, 0.6) is 0 Å². The van der Waals surface area contributed by atoms with Crippen LogP contribution >= 0.6 is 27.5 Å². The van der Waals surface area contributed by atoms with Crippen molar-refractivity contribution in [2.45, 2.75) is 12.5 Å². The average Bonchev–Trinajstić information content (AvgIpc) is 2.48. The van der Waals surface area contributed by atoms with Crippen molar-refractivity contribution < 1.29 is 0 Å². The maximum Gasteiger partial charge on any atom is 0.0408 e. The monoisotopic (exact) mass is 359 g/mol. The largest absolute Gasteiger partial charge is 0.324 e. The second-order valence-corrected chi connectivity index (χ2v) is 6.41. The van der Waals surface area contributed by atoms with E-state index in [-0.39, 0.29) is 6.04 Å². The number of rotatable bonds is 3. The Labute approximate surface area is 137 Å². The van der Waals surface area contributed by atoms with Crippen LogP contribution in [0, 0.1) is 0 Å². The van der Waals surface area contributed by atoms with E-state index in [2.05, 4.69) is 46.3 Å². The summed E-state index contributed by atoms with van der Waals surface area (Å²) in [5, 5.41) is 3.14. The number of hydrogen-bond donors (Lipinski definition) is 1. The molecule has 0 aromatic heterocycles. The maximum atomic E-state index is 6.43. The zero-order valence-electron chi connectivity index (χ0n) is 11.4. The third kappa shape index (κ3) is 3.13. The molecule has 0 saturated heterocycles. The van der Waals surface area contributed by atoms with E-state index < -0.39 is 0 Å². The van der Waals surface area contributed by atoms with Crippen LogP contribution in [-0.2, 0) is 6.42 Å². The van der Waals surface area contributed by atoms with Crippen molar-refractivity contribution in [1.29, 1.82) is 0 Å². The normalized spacial score (nSPS) is 12.5. The molecule has 1 atom stereocenters. The first-order chi connectivity index (χ1) is 10.1. The van der Waals surface area contributed by atoms with Gasteiger partial charge >= 0.3 is 0 Å². The van der Waals surface area contributed by atoms with Crippen LogP contribution in [0.25, 0.3) is 10.8 Å². The standard InChI is InChI=1S/C18H15BrClN/c19-17-9-8-16(14-6-1-2-7-15(14)17)18(21)11-12-4-3-5-13(20)10-12/h1-10,18H,11,21H2. The quantitative estimate of drug-likeness (QED) is 0.656. The van der Waals surface area contributed by atoms with Gasteiger partial charge in [0.15, 0.2) is 0 Å². The minimum absolute atomic E-state index is 0.0542. The molecular formula is C18H15BrClN. The minimum atomic E-state index is -0.0542. The van der Waals surface area contributed by atoms with E-state index in [4.69, 9.17) is 17.3 Å². The molecule has 0 bridgehead atoms. The summed E-state index contributed by atoms with van der Waals surface area (Å²) >= 11 is 9.64. The Morgan fingerprint density at radius 2 is 1.71 bits per heavy atom. The van der Waals surface area contributed by atoms with Gasteiger partial charge in [-0.05, 0) is 46.5 Å². The molecule has 1 nitrogen and oxygen atoms in total. The zero-order valence-corrected chi connectivity index (χ0v) is 13.7. The Kier molecular flexibility index (Phi) is 4.29. The molecule has 0 saturated carbocycles. The van der Waals surface area contributed by atoms with E-state index in [0.29, 0.717) is 0 Å². The summed E-state index contributed by atoms with van der Waals surface area (Å²) in [6, 6.07) is 20.3. The lowest BCUT2D eigenvalue weighted by atomic mass is 9.95. The molecule has 0 radical (unpaired) electrons. The van der Waals surface area contributed by atoms with Crippen LogP contribution in [0.2, 0.25) is 5.02 Å². The van der Waals surface area contributed by atoms with Gasteiger partial charge in [0, 0.05) is 15.5 Å². The maximum absolute atomic E-state index is 6.43. The van der Waals surface area contributed by atoms with Crippen LogP contribution in [0.4, 0.5) is 0 Å². The van der Waals surface area contributed by atoms with Crippen LogP contribution in [0.15, 0.2) is 65.1 Å². The molecule has 1 unspecified atom stereocenters. The highest BCUT2D eigenvalue weighted by atomic mass is 79.9. The van der Waals surface area contributed by atoms with Crippen molar-refractivity contribution in [1.82, 2.24) is 0 Å². The first-order valence-corrected chi connectivity index (χ1v) is 7.99. The Morgan fingerprint density at radius 3 is 2.48 bits per heavy atom. The summed E-state index contributed by atoms with van der Waals surface area (Å²) in [7, 11) is 0. The van der Waals surface area contributed by atoms with Crippen LogP contribution in [-0.4, -0.2) is 0 Å². The SMILES string of the molecule is NC(Cc1cccc(Cl)c1)c1ccc(Br)c2ccccc12. The van der Waals surface area contributed by atoms with Gasteiger partial charge in [-0.15, -0.1) is 0 Å². The van der Waals surface area contributed by atoms with Gasteiger partial charge in [-0.25, -0.2) is 0 Å². The third-order valence-corrected chi connectivity index (χ3v) is 4.58. The van der Waals surface area contributed by atoms with Gasteiger partial charge in [0.1, 0.15) is 0 Å². The molecule has 0 spiro atoms. The summed E-state index contributed by atoms with van der Waals surface area (Å²) in [4.78, 5) is 0. The van der Waals surface area contributed by atoms with E-state index in [0.717, 1.165) is 27.0 Å². The summed E-state index contributed by atoms with van der Waals surface area (Å²) in [6.45, 7) is 0. The fraction of sp³-hybridized carbons (Fsp3) is 0.111. The Balaban J connectivity index is 1.98. The molecule has 3 heteroatoms. The number of halogens is 2. The second-order valence-electron chi connectivity index (χ2n) is 5.12. The van der Waals surface area contributed by atoms with Gasteiger partial charge < -0.3 is 5.73 Å². The van der Waals surface area contributed by atoms with Crippen molar-refractivity contribution in [3.05, 3.63) is 81.3 Å². The topological polar surface area (TPSA) is 26.0 Å². The van der Waals surface area contributed by atoms with Crippen LogP contribution in [0.3, 0.4) is 0 Å². The van der Waals surface area contributed by atoms with Crippen LogP contribution < -0.4 is 5.73 Å². The third-order valence-electron chi connectivity index (χ3n) is 3.65. The Hall–Kier alpha value is -1.35. The average molecular weight is 361 g/mol. The van der Waals surface area contributed by atoms with Gasteiger partial charge in [0.05, 0.1) is 0 Å². The highest BCUT2D eigenvalue weighted by Gasteiger charge is 2.12. The van der Waals surface area contributed by atoms with Gasteiger partial charge in [-0.3, -0.25) is 0 Å². The van der Waals surface area contributed by atoms with Crippen molar-refractivity contribution in [3.63, 3.8) is 0 Å². The van der Waals surface area contributed by atoms with E-state index in [1.54, 1.807) is 0 Å². The lowest BCUT2D eigenvalue weighted by Gasteiger charge is -2.16. The van der Waals surface area contributed by atoms with E-state index in [1.165, 1.54) is 10.8 Å². The smallest absolute Gasteiger partial charge is 0.0408 e. The first kappa shape index (κ1) is 14.6. The fourth-order valence-corrected chi connectivity index (χ4v) is 3.33. The predicted molar refractivity (Wildman–Crippen MR) is 93.7 cm³/mol. The van der Waals surface area contributed by atoms with Crippen molar-refractivity contribution in [3.8, 4) is 0 Å². The van der Waals surface area contributed by atoms with E-state index >= 15 is 0 Å². The fourth-order valence-electron chi connectivity index (χ4n) is 2.64. The summed E-state index contributed by atoms with van der Waals surface area (Å²) in [6.07, 6.45) is 0.770. The highest BCUT2D eigenvalue weighted by molar-refractivity contribution is 9.10. The molecule has 0 aliphatic heterocycles. The zero-order chi connectivity index (χ0) is 14.8. The number of hydrogen-bond acceptors (Lipinski definition) is 1. The van der Waals surface area contributed by atoms with Gasteiger partial charge in [-0.1, -0.05) is 70.0 Å². The molecule has 0 aliphatic carbocycles. The first-order valence-electron chi connectivity index (χ1n) is 6.82.